The zero-order chi connectivity index (χ0) is 20.4. The molecule has 0 aliphatic carbocycles. The molecule has 1 aliphatic heterocycles. The van der Waals surface area contributed by atoms with E-state index < -0.39 is 5.91 Å². The highest BCUT2D eigenvalue weighted by Crippen LogP contribution is 2.34. The molecule has 0 radical (unpaired) electrons. The lowest BCUT2D eigenvalue weighted by molar-refractivity contribution is -0.120. The second-order valence-electron chi connectivity index (χ2n) is 6.87. The van der Waals surface area contributed by atoms with Crippen LogP contribution in [0.5, 0.6) is 5.75 Å². The van der Waals surface area contributed by atoms with E-state index in [4.69, 9.17) is 9.26 Å². The number of ether oxygens (including phenoxy) is 1. The zero-order valence-electron chi connectivity index (χ0n) is 16.1. The van der Waals surface area contributed by atoms with Crippen LogP contribution in [0.3, 0.4) is 0 Å². The Bertz CT molecular complexity index is 1050. The van der Waals surface area contributed by atoms with Gasteiger partial charge < -0.3 is 19.5 Å². The van der Waals surface area contributed by atoms with Crippen molar-refractivity contribution in [3.8, 4) is 17.1 Å². The minimum atomic E-state index is -0.425. The molecule has 29 heavy (non-hydrogen) atoms. The predicted molar refractivity (Wildman–Crippen MR) is 106 cm³/mol. The van der Waals surface area contributed by atoms with Crippen LogP contribution >= 0.6 is 0 Å². The predicted octanol–water partition coefficient (Wildman–Crippen LogP) is 2.63. The van der Waals surface area contributed by atoms with Gasteiger partial charge in [0.2, 0.25) is 5.82 Å². The Kier molecular flexibility index (Phi) is 4.99. The third kappa shape index (κ3) is 3.82. The van der Waals surface area contributed by atoms with Crippen LogP contribution in [0, 0.1) is 0 Å². The van der Waals surface area contributed by atoms with E-state index >= 15 is 0 Å². The van der Waals surface area contributed by atoms with E-state index in [0.717, 1.165) is 5.56 Å². The molecule has 0 fully saturated rings. The van der Waals surface area contributed by atoms with Crippen molar-refractivity contribution in [1.82, 2.24) is 15.5 Å². The minimum Gasteiger partial charge on any atom is -0.482 e. The van der Waals surface area contributed by atoms with E-state index in [1.54, 1.807) is 25.2 Å². The third-order valence-electron chi connectivity index (χ3n) is 4.86. The topological polar surface area (TPSA) is 97.6 Å². The molecule has 2 amide bonds. The summed E-state index contributed by atoms with van der Waals surface area (Å²) in [6.07, 6.45) is 0. The van der Waals surface area contributed by atoms with Crippen LogP contribution in [0.1, 0.15) is 29.1 Å². The summed E-state index contributed by atoms with van der Waals surface area (Å²) in [6, 6.07) is 15.1. The van der Waals surface area contributed by atoms with E-state index in [0.29, 0.717) is 23.5 Å². The molecule has 3 aromatic rings. The van der Waals surface area contributed by atoms with Crippen molar-refractivity contribution in [3.63, 3.8) is 0 Å². The Labute approximate surface area is 167 Å². The molecule has 1 N–H and O–H groups in total. The highest BCUT2D eigenvalue weighted by atomic mass is 16.5. The fraction of sp³-hybridized carbons (Fsp3) is 0.238. The van der Waals surface area contributed by atoms with Gasteiger partial charge in [0.05, 0.1) is 5.69 Å². The first-order valence-electron chi connectivity index (χ1n) is 9.23. The molecule has 2 aromatic carbocycles. The molecule has 4 rings (SSSR count). The van der Waals surface area contributed by atoms with Crippen molar-refractivity contribution in [1.29, 1.82) is 0 Å². The molecular formula is C21H20N4O4. The van der Waals surface area contributed by atoms with Gasteiger partial charge >= 0.3 is 11.8 Å². The Morgan fingerprint density at radius 2 is 2.03 bits per heavy atom. The number of likely N-dealkylation sites (N-methyl/N-ethyl adjacent to an activating group) is 1. The summed E-state index contributed by atoms with van der Waals surface area (Å²) in [7, 11) is 1.69. The van der Waals surface area contributed by atoms with Crippen LogP contribution in [0.4, 0.5) is 5.69 Å². The summed E-state index contributed by atoms with van der Waals surface area (Å²) in [6.45, 7) is 2.46. The van der Waals surface area contributed by atoms with Crippen molar-refractivity contribution >= 4 is 17.5 Å². The molecule has 0 bridgehead atoms. The van der Waals surface area contributed by atoms with Crippen LogP contribution in [0.25, 0.3) is 11.4 Å². The maximum Gasteiger partial charge on any atom is 0.316 e. The van der Waals surface area contributed by atoms with Crippen LogP contribution in [-0.2, 0) is 4.79 Å². The van der Waals surface area contributed by atoms with Gasteiger partial charge in [-0.2, -0.15) is 4.98 Å². The Balaban J connectivity index is 1.44. The first-order chi connectivity index (χ1) is 14.0. The van der Waals surface area contributed by atoms with Crippen molar-refractivity contribution in [2.45, 2.75) is 12.8 Å². The number of fused-ring (bicyclic) bond motifs is 1. The van der Waals surface area contributed by atoms with Crippen molar-refractivity contribution in [2.75, 3.05) is 25.1 Å². The van der Waals surface area contributed by atoms with Crippen LogP contribution in [0.2, 0.25) is 0 Å². The zero-order valence-corrected chi connectivity index (χ0v) is 16.1. The average molecular weight is 392 g/mol. The van der Waals surface area contributed by atoms with Gasteiger partial charge in [-0.1, -0.05) is 42.4 Å². The van der Waals surface area contributed by atoms with Gasteiger partial charge in [0.15, 0.2) is 6.61 Å². The summed E-state index contributed by atoms with van der Waals surface area (Å²) >= 11 is 0. The van der Waals surface area contributed by atoms with Gasteiger partial charge in [0, 0.05) is 19.2 Å². The van der Waals surface area contributed by atoms with Gasteiger partial charge in [0.25, 0.3) is 5.91 Å². The molecule has 0 saturated carbocycles. The summed E-state index contributed by atoms with van der Waals surface area (Å²) in [5.41, 5.74) is 2.44. The molecule has 2 heterocycles. The first-order valence-corrected chi connectivity index (χ1v) is 9.23. The fourth-order valence-corrected chi connectivity index (χ4v) is 3.07. The number of benzene rings is 2. The number of hydrogen-bond donors (Lipinski definition) is 1. The Morgan fingerprint density at radius 1 is 1.24 bits per heavy atom. The number of amides is 2. The van der Waals surface area contributed by atoms with Gasteiger partial charge in [-0.05, 0) is 29.7 Å². The van der Waals surface area contributed by atoms with Gasteiger partial charge in [-0.15, -0.1) is 0 Å². The van der Waals surface area contributed by atoms with Gasteiger partial charge in [-0.3, -0.25) is 9.59 Å². The number of anilines is 1. The smallest absolute Gasteiger partial charge is 0.316 e. The van der Waals surface area contributed by atoms with Crippen LogP contribution in [-0.4, -0.2) is 42.2 Å². The van der Waals surface area contributed by atoms with Crippen LogP contribution < -0.4 is 15.0 Å². The molecular weight excluding hydrogens is 372 g/mol. The second kappa shape index (κ2) is 7.75. The molecule has 1 atom stereocenters. The second-order valence-corrected chi connectivity index (χ2v) is 6.87. The summed E-state index contributed by atoms with van der Waals surface area (Å²) < 4.78 is 10.6. The van der Waals surface area contributed by atoms with Crippen molar-refractivity contribution in [3.05, 3.63) is 60.0 Å². The maximum absolute atomic E-state index is 12.4. The van der Waals surface area contributed by atoms with Crippen molar-refractivity contribution in [2.24, 2.45) is 0 Å². The molecule has 1 unspecified atom stereocenters. The standard InChI is InChI=1S/C21H20N4O4/c1-13(14-6-4-3-5-7-14)11-22-20(27)21-23-19(24-29-21)15-8-9-16-17(10-15)28-12-18(26)25(16)2/h3-10,13H,11-12H2,1-2H3,(H,22,27). The molecule has 0 spiro atoms. The van der Waals surface area contributed by atoms with E-state index in [9.17, 15) is 9.59 Å². The summed E-state index contributed by atoms with van der Waals surface area (Å²) in [5, 5.41) is 6.71. The number of nitrogens with one attached hydrogen (secondary N) is 1. The van der Waals surface area contributed by atoms with E-state index in [-0.39, 0.29) is 30.1 Å². The third-order valence-corrected chi connectivity index (χ3v) is 4.86. The fourth-order valence-electron chi connectivity index (χ4n) is 3.07. The normalized spacial score (nSPS) is 14.1. The molecule has 148 valence electrons. The van der Waals surface area contributed by atoms with E-state index in [2.05, 4.69) is 15.5 Å². The maximum atomic E-state index is 12.4. The molecule has 8 nitrogen and oxygen atoms in total. The van der Waals surface area contributed by atoms with E-state index in [1.807, 2.05) is 37.3 Å². The highest BCUT2D eigenvalue weighted by molar-refractivity contribution is 5.97. The number of rotatable bonds is 5. The SMILES string of the molecule is CC(CNC(=O)c1nc(-c2ccc3c(c2)OCC(=O)N3C)no1)c1ccccc1. The van der Waals surface area contributed by atoms with Gasteiger partial charge in [-0.25, -0.2) is 0 Å². The van der Waals surface area contributed by atoms with Crippen LogP contribution in [0.15, 0.2) is 53.1 Å². The Hall–Kier alpha value is -3.68. The minimum absolute atomic E-state index is 0.0214. The largest absolute Gasteiger partial charge is 0.482 e. The lowest BCUT2D eigenvalue weighted by atomic mass is 10.0. The lowest BCUT2D eigenvalue weighted by Gasteiger charge is -2.25. The number of carbonyl (C=O) groups excluding carboxylic acids is 2. The summed E-state index contributed by atoms with van der Waals surface area (Å²) in [4.78, 5) is 29.8. The lowest BCUT2D eigenvalue weighted by Crippen LogP contribution is -2.35. The van der Waals surface area contributed by atoms with Gasteiger partial charge in [0.1, 0.15) is 5.75 Å². The quantitative estimate of drug-likeness (QED) is 0.717. The number of aromatic nitrogens is 2. The Morgan fingerprint density at radius 3 is 2.83 bits per heavy atom. The number of carbonyl (C=O) groups is 2. The van der Waals surface area contributed by atoms with Crippen molar-refractivity contribution < 1.29 is 18.8 Å². The van der Waals surface area contributed by atoms with E-state index in [1.165, 1.54) is 4.90 Å². The number of nitrogens with zero attached hydrogens (tertiary/aromatic N) is 3. The molecule has 8 heteroatoms. The monoisotopic (exact) mass is 392 g/mol. The summed E-state index contributed by atoms with van der Waals surface area (Å²) in [5.74, 6) is 0.333. The first kappa shape index (κ1) is 18.7. The molecule has 1 aromatic heterocycles. The molecule has 0 saturated heterocycles. The molecule has 1 aliphatic rings. The average Bonchev–Trinajstić information content (AvgIpc) is 3.25. The highest BCUT2D eigenvalue weighted by Gasteiger charge is 2.24. The number of hydrogen-bond acceptors (Lipinski definition) is 6.